The molecule has 2 saturated heterocycles. The summed E-state index contributed by atoms with van der Waals surface area (Å²) in [6.07, 6.45) is 0.287. The smallest absolute Gasteiger partial charge is 0.238 e. The molecule has 3 rings (SSSR count). The molecule has 0 aliphatic carbocycles. The first kappa shape index (κ1) is 20.7. The lowest BCUT2D eigenvalue weighted by molar-refractivity contribution is -0.137. The molecule has 2 heterocycles. The SMILES string of the molecule is C[C@@H]1CN(CC(=O)N2CCN(CC(=O)Nc3cccc(F)c3)CC2)C[C@H](C)O1. The van der Waals surface area contributed by atoms with Crippen LogP contribution in [0, 0.1) is 5.82 Å². The minimum Gasteiger partial charge on any atom is -0.373 e. The molecule has 1 aromatic carbocycles. The van der Waals surface area contributed by atoms with Crippen LogP contribution in [0.3, 0.4) is 0 Å². The van der Waals surface area contributed by atoms with Gasteiger partial charge in [-0.15, -0.1) is 0 Å². The van der Waals surface area contributed by atoms with Crippen molar-refractivity contribution in [3.8, 4) is 0 Å². The van der Waals surface area contributed by atoms with Gasteiger partial charge in [0.05, 0.1) is 25.3 Å². The van der Waals surface area contributed by atoms with E-state index in [1.807, 2.05) is 23.6 Å². The predicted octanol–water partition coefficient (Wildman–Crippen LogP) is 1.02. The molecule has 0 unspecified atom stereocenters. The van der Waals surface area contributed by atoms with Gasteiger partial charge in [0.25, 0.3) is 0 Å². The van der Waals surface area contributed by atoms with Gasteiger partial charge in [0, 0.05) is 45.0 Å². The summed E-state index contributed by atoms with van der Waals surface area (Å²) in [5.74, 6) is -0.430. The third kappa shape index (κ3) is 5.98. The summed E-state index contributed by atoms with van der Waals surface area (Å²) in [5.41, 5.74) is 0.452. The number of anilines is 1. The average Bonchev–Trinajstić information content (AvgIpc) is 2.61. The molecule has 1 N–H and O–H groups in total. The second-order valence-electron chi connectivity index (χ2n) is 7.67. The molecule has 0 spiro atoms. The summed E-state index contributed by atoms with van der Waals surface area (Å²) >= 11 is 0. The topological polar surface area (TPSA) is 65.1 Å². The van der Waals surface area contributed by atoms with Gasteiger partial charge >= 0.3 is 0 Å². The molecule has 0 bridgehead atoms. The van der Waals surface area contributed by atoms with Crippen molar-refractivity contribution in [1.82, 2.24) is 14.7 Å². The van der Waals surface area contributed by atoms with Gasteiger partial charge in [-0.3, -0.25) is 19.4 Å². The summed E-state index contributed by atoms with van der Waals surface area (Å²) in [4.78, 5) is 30.8. The molecular formula is C20H29FN4O3. The molecule has 7 nitrogen and oxygen atoms in total. The van der Waals surface area contributed by atoms with Crippen molar-refractivity contribution in [3.05, 3.63) is 30.1 Å². The first-order chi connectivity index (χ1) is 13.4. The highest BCUT2D eigenvalue weighted by Gasteiger charge is 2.27. The van der Waals surface area contributed by atoms with E-state index in [0.29, 0.717) is 38.4 Å². The maximum atomic E-state index is 13.2. The van der Waals surface area contributed by atoms with E-state index in [1.165, 1.54) is 12.1 Å². The first-order valence-electron chi connectivity index (χ1n) is 9.82. The molecular weight excluding hydrogens is 363 g/mol. The Balaban J connectivity index is 1.40. The third-order valence-electron chi connectivity index (χ3n) is 5.05. The van der Waals surface area contributed by atoms with Crippen molar-refractivity contribution >= 4 is 17.5 Å². The molecule has 1 aromatic rings. The van der Waals surface area contributed by atoms with Crippen LogP contribution in [0.1, 0.15) is 13.8 Å². The lowest BCUT2D eigenvalue weighted by atomic mass is 10.2. The van der Waals surface area contributed by atoms with E-state index in [4.69, 9.17) is 4.74 Å². The van der Waals surface area contributed by atoms with E-state index < -0.39 is 0 Å². The predicted molar refractivity (Wildman–Crippen MR) is 104 cm³/mol. The highest BCUT2D eigenvalue weighted by molar-refractivity contribution is 5.92. The van der Waals surface area contributed by atoms with Gasteiger partial charge in [-0.25, -0.2) is 4.39 Å². The maximum Gasteiger partial charge on any atom is 0.238 e. The van der Waals surface area contributed by atoms with E-state index in [1.54, 1.807) is 12.1 Å². The van der Waals surface area contributed by atoms with Crippen LogP contribution in [0.5, 0.6) is 0 Å². The van der Waals surface area contributed by atoms with Crippen LogP contribution in [0.25, 0.3) is 0 Å². The van der Waals surface area contributed by atoms with Crippen LogP contribution in [0.2, 0.25) is 0 Å². The number of hydrogen-bond donors (Lipinski definition) is 1. The number of morpholine rings is 1. The maximum absolute atomic E-state index is 13.2. The Bertz CT molecular complexity index is 684. The molecule has 2 fully saturated rings. The van der Waals surface area contributed by atoms with Gasteiger partial charge in [0.1, 0.15) is 5.82 Å². The van der Waals surface area contributed by atoms with Crippen LogP contribution in [0.4, 0.5) is 10.1 Å². The largest absolute Gasteiger partial charge is 0.373 e. The minimum atomic E-state index is -0.381. The first-order valence-corrected chi connectivity index (χ1v) is 9.82. The Labute approximate surface area is 165 Å². The van der Waals surface area contributed by atoms with Gasteiger partial charge in [-0.2, -0.15) is 0 Å². The number of hydrogen-bond acceptors (Lipinski definition) is 5. The van der Waals surface area contributed by atoms with Crippen molar-refractivity contribution in [2.24, 2.45) is 0 Å². The summed E-state index contributed by atoms with van der Waals surface area (Å²) in [5, 5.41) is 2.71. The molecule has 2 atom stereocenters. The van der Waals surface area contributed by atoms with Crippen LogP contribution >= 0.6 is 0 Å². The quantitative estimate of drug-likeness (QED) is 0.811. The Morgan fingerprint density at radius 1 is 1.07 bits per heavy atom. The van der Waals surface area contributed by atoms with E-state index in [2.05, 4.69) is 10.2 Å². The lowest BCUT2D eigenvalue weighted by Gasteiger charge is -2.38. The molecule has 28 heavy (non-hydrogen) atoms. The van der Waals surface area contributed by atoms with Gasteiger partial charge in [-0.05, 0) is 32.0 Å². The van der Waals surface area contributed by atoms with Crippen molar-refractivity contribution in [3.63, 3.8) is 0 Å². The Morgan fingerprint density at radius 3 is 2.39 bits per heavy atom. The van der Waals surface area contributed by atoms with E-state index in [-0.39, 0.29) is 36.4 Å². The van der Waals surface area contributed by atoms with Crippen LogP contribution in [0.15, 0.2) is 24.3 Å². The zero-order valence-corrected chi connectivity index (χ0v) is 16.6. The zero-order valence-electron chi connectivity index (χ0n) is 16.6. The third-order valence-corrected chi connectivity index (χ3v) is 5.05. The molecule has 0 radical (unpaired) electrons. The normalized spacial score (nSPS) is 24.2. The fourth-order valence-electron chi connectivity index (χ4n) is 3.83. The van der Waals surface area contributed by atoms with Crippen molar-refractivity contribution in [1.29, 1.82) is 0 Å². The summed E-state index contributed by atoms with van der Waals surface area (Å²) in [6.45, 7) is 8.78. The molecule has 2 aliphatic heterocycles. The number of halogens is 1. The number of benzene rings is 1. The second-order valence-corrected chi connectivity index (χ2v) is 7.67. The minimum absolute atomic E-state index is 0.130. The summed E-state index contributed by atoms with van der Waals surface area (Å²) in [7, 11) is 0. The van der Waals surface area contributed by atoms with E-state index >= 15 is 0 Å². The zero-order chi connectivity index (χ0) is 20.1. The average molecular weight is 392 g/mol. The number of nitrogens with one attached hydrogen (secondary N) is 1. The molecule has 0 aromatic heterocycles. The fraction of sp³-hybridized carbons (Fsp3) is 0.600. The highest BCUT2D eigenvalue weighted by atomic mass is 19.1. The van der Waals surface area contributed by atoms with Gasteiger partial charge in [0.2, 0.25) is 11.8 Å². The Hall–Kier alpha value is -2.03. The summed E-state index contributed by atoms with van der Waals surface area (Å²) in [6, 6.07) is 5.85. The Kier molecular flexibility index (Phi) is 6.98. The standard InChI is InChI=1S/C20H29FN4O3/c1-15-11-24(12-16(2)28-15)14-20(27)25-8-6-23(7-9-25)13-19(26)22-18-5-3-4-17(21)10-18/h3-5,10,15-16H,6-9,11-14H2,1-2H3,(H,22,26)/t15-,16+. The van der Waals surface area contributed by atoms with Crippen molar-refractivity contribution < 1.29 is 18.7 Å². The highest BCUT2D eigenvalue weighted by Crippen LogP contribution is 2.12. The number of amides is 2. The number of carbonyl (C=O) groups excluding carboxylic acids is 2. The molecule has 0 saturated carbocycles. The number of piperazine rings is 1. The van der Waals surface area contributed by atoms with Crippen LogP contribution in [-0.2, 0) is 14.3 Å². The number of carbonyl (C=O) groups is 2. The van der Waals surface area contributed by atoms with Crippen molar-refractivity contribution in [2.75, 3.05) is 57.7 Å². The van der Waals surface area contributed by atoms with Gasteiger partial charge in [0.15, 0.2) is 0 Å². The molecule has 8 heteroatoms. The number of nitrogens with zero attached hydrogens (tertiary/aromatic N) is 3. The van der Waals surface area contributed by atoms with Gasteiger partial charge in [-0.1, -0.05) is 6.07 Å². The monoisotopic (exact) mass is 392 g/mol. The molecule has 2 amide bonds. The van der Waals surface area contributed by atoms with Crippen molar-refractivity contribution in [2.45, 2.75) is 26.1 Å². The molecule has 154 valence electrons. The second kappa shape index (κ2) is 9.45. The van der Waals surface area contributed by atoms with E-state index in [9.17, 15) is 14.0 Å². The van der Waals surface area contributed by atoms with Crippen LogP contribution < -0.4 is 5.32 Å². The van der Waals surface area contributed by atoms with Gasteiger partial charge < -0.3 is 15.0 Å². The van der Waals surface area contributed by atoms with Crippen LogP contribution in [-0.4, -0.2) is 91.1 Å². The number of ether oxygens (including phenoxy) is 1. The van der Waals surface area contributed by atoms with E-state index in [0.717, 1.165) is 13.1 Å². The Morgan fingerprint density at radius 2 is 1.75 bits per heavy atom. The lowest BCUT2D eigenvalue weighted by Crippen LogP contribution is -2.54. The molecule has 2 aliphatic rings. The summed E-state index contributed by atoms with van der Waals surface area (Å²) < 4.78 is 18.9. The fourth-order valence-corrected chi connectivity index (χ4v) is 3.83. The number of rotatable bonds is 5.